The molecular weight excluding hydrogens is 406 g/mol. The highest BCUT2D eigenvalue weighted by Gasteiger charge is 2.24. The topological polar surface area (TPSA) is 109 Å². The maximum atomic E-state index is 12.6. The van der Waals surface area contributed by atoms with E-state index in [1.807, 2.05) is 43.3 Å². The van der Waals surface area contributed by atoms with Crippen LogP contribution in [0.2, 0.25) is 0 Å². The zero-order valence-corrected chi connectivity index (χ0v) is 18.1. The maximum absolute atomic E-state index is 12.6. The normalized spacial score (nSPS) is 18.6. The van der Waals surface area contributed by atoms with Gasteiger partial charge in [-0.25, -0.2) is 9.61 Å². The van der Waals surface area contributed by atoms with Crippen molar-refractivity contribution in [3.8, 4) is 0 Å². The summed E-state index contributed by atoms with van der Waals surface area (Å²) in [4.78, 5) is 24.1. The lowest BCUT2D eigenvalue weighted by atomic mass is 9.91. The second-order valence-electron chi connectivity index (χ2n) is 8.42. The first-order chi connectivity index (χ1) is 15.6. The third kappa shape index (κ3) is 4.05. The van der Waals surface area contributed by atoms with E-state index >= 15 is 0 Å². The number of carbonyl (C=O) groups is 1. The number of aromatic nitrogens is 4. The number of hydrogen-bond acceptors (Lipinski definition) is 8. The van der Waals surface area contributed by atoms with E-state index < -0.39 is 0 Å². The van der Waals surface area contributed by atoms with Crippen LogP contribution in [0.4, 0.5) is 11.8 Å². The van der Waals surface area contributed by atoms with Crippen molar-refractivity contribution in [2.24, 2.45) is 0 Å². The minimum atomic E-state index is -0.0974. The monoisotopic (exact) mass is 431 g/mol. The Morgan fingerprint density at radius 3 is 2.50 bits per heavy atom. The average molecular weight is 432 g/mol. The number of anilines is 2. The molecule has 164 valence electrons. The molecule has 2 aromatic carbocycles. The van der Waals surface area contributed by atoms with Gasteiger partial charge in [0.25, 0.3) is 5.91 Å². The summed E-state index contributed by atoms with van der Waals surface area (Å²) in [6.07, 6.45) is 3.66. The Balaban J connectivity index is 1.21. The highest BCUT2D eigenvalue weighted by atomic mass is 16.6. The van der Waals surface area contributed by atoms with E-state index in [0.717, 1.165) is 42.4 Å². The smallest absolute Gasteiger partial charge is 0.251 e. The molecule has 2 heterocycles. The van der Waals surface area contributed by atoms with E-state index in [2.05, 4.69) is 20.9 Å². The van der Waals surface area contributed by atoms with Crippen LogP contribution in [0.5, 0.6) is 0 Å². The van der Waals surface area contributed by atoms with Crippen LogP contribution in [0.1, 0.15) is 36.0 Å². The molecule has 1 saturated carbocycles. The molecule has 1 amide bonds. The summed E-state index contributed by atoms with van der Waals surface area (Å²) in [7, 11) is 3.98. The Kier molecular flexibility index (Phi) is 5.30. The molecule has 0 atom stereocenters. The highest BCUT2D eigenvalue weighted by molar-refractivity contribution is 5.97. The Bertz CT molecular complexity index is 1260. The number of hydrogen-bond donors (Lipinski definition) is 2. The lowest BCUT2D eigenvalue weighted by Crippen LogP contribution is -2.40. The zero-order chi connectivity index (χ0) is 22.1. The van der Waals surface area contributed by atoms with E-state index in [0.29, 0.717) is 22.5 Å². The first-order valence-electron chi connectivity index (χ1n) is 10.8. The number of nitrogens with zero attached hydrogens (tertiary/aromatic N) is 5. The molecule has 1 aliphatic rings. The lowest BCUT2D eigenvalue weighted by molar-refractivity contribution is 0.0926. The van der Waals surface area contributed by atoms with E-state index in [1.54, 1.807) is 18.2 Å². The van der Waals surface area contributed by atoms with Crippen LogP contribution in [-0.4, -0.2) is 52.4 Å². The second kappa shape index (κ2) is 8.41. The molecule has 0 bridgehead atoms. The third-order valence-corrected chi connectivity index (χ3v) is 5.92. The minimum Gasteiger partial charge on any atom is -0.362 e. The van der Waals surface area contributed by atoms with E-state index in [4.69, 9.17) is 14.6 Å². The molecule has 0 unspecified atom stereocenters. The Hall–Kier alpha value is -3.75. The van der Waals surface area contributed by atoms with Gasteiger partial charge in [0.2, 0.25) is 5.95 Å². The maximum Gasteiger partial charge on any atom is 0.251 e. The van der Waals surface area contributed by atoms with Crippen molar-refractivity contribution in [1.82, 2.24) is 25.6 Å². The van der Waals surface area contributed by atoms with Gasteiger partial charge >= 0.3 is 0 Å². The fraction of sp³-hybridized carbons (Fsp3) is 0.348. The predicted octanol–water partition coefficient (Wildman–Crippen LogP) is 3.39. The van der Waals surface area contributed by atoms with Gasteiger partial charge in [0, 0.05) is 37.1 Å². The number of amides is 1. The van der Waals surface area contributed by atoms with Gasteiger partial charge in [0.05, 0.1) is 5.52 Å². The van der Waals surface area contributed by atoms with Crippen molar-refractivity contribution in [3.05, 3.63) is 48.0 Å². The van der Waals surface area contributed by atoms with Gasteiger partial charge in [0.1, 0.15) is 16.9 Å². The molecule has 1 aliphatic carbocycles. The summed E-state index contributed by atoms with van der Waals surface area (Å²) in [5.74, 6) is 1.45. The standard InChI is InChI=1S/C23H25N7O2/c1-30(2)21-17-5-3-4-6-18(17)26-23(27-21)25-16-10-8-15(9-11-16)24-22(31)14-7-12-19-20(13-14)29-32-28-19/h3-7,12-13,15-16H,8-11H2,1-2H3,(H,24,31)(H,25,26,27)/t15-,16+. The molecule has 9 nitrogen and oxygen atoms in total. The van der Waals surface area contributed by atoms with Gasteiger partial charge in [-0.1, -0.05) is 12.1 Å². The minimum absolute atomic E-state index is 0.0974. The van der Waals surface area contributed by atoms with Crippen molar-refractivity contribution < 1.29 is 9.42 Å². The van der Waals surface area contributed by atoms with Crippen molar-refractivity contribution in [1.29, 1.82) is 0 Å². The van der Waals surface area contributed by atoms with E-state index in [1.165, 1.54) is 0 Å². The van der Waals surface area contributed by atoms with Crippen LogP contribution >= 0.6 is 0 Å². The van der Waals surface area contributed by atoms with Gasteiger partial charge < -0.3 is 15.5 Å². The van der Waals surface area contributed by atoms with Crippen LogP contribution in [0.25, 0.3) is 21.9 Å². The van der Waals surface area contributed by atoms with Crippen LogP contribution in [0.15, 0.2) is 47.1 Å². The SMILES string of the molecule is CN(C)c1nc(N[C@H]2CC[C@@H](NC(=O)c3ccc4nonc4c3)CC2)nc2ccccc12. The molecule has 32 heavy (non-hydrogen) atoms. The first-order valence-corrected chi connectivity index (χ1v) is 10.8. The summed E-state index contributed by atoms with van der Waals surface area (Å²) in [5.41, 5.74) is 2.71. The molecule has 5 rings (SSSR count). The largest absolute Gasteiger partial charge is 0.362 e. The molecule has 1 fully saturated rings. The molecule has 9 heteroatoms. The van der Waals surface area contributed by atoms with E-state index in [9.17, 15) is 4.79 Å². The fourth-order valence-corrected chi connectivity index (χ4v) is 4.22. The van der Waals surface area contributed by atoms with E-state index in [-0.39, 0.29) is 18.0 Å². The van der Waals surface area contributed by atoms with Crippen LogP contribution in [0, 0.1) is 0 Å². The van der Waals surface area contributed by atoms with Gasteiger partial charge in [-0.3, -0.25) is 4.79 Å². The molecule has 0 aliphatic heterocycles. The molecule has 4 aromatic rings. The summed E-state index contributed by atoms with van der Waals surface area (Å²) < 4.78 is 4.70. The number of para-hydroxylation sites is 1. The van der Waals surface area contributed by atoms with Gasteiger partial charge in [-0.05, 0) is 66.3 Å². The molecule has 0 radical (unpaired) electrons. The summed E-state index contributed by atoms with van der Waals surface area (Å²) >= 11 is 0. The lowest BCUT2D eigenvalue weighted by Gasteiger charge is -2.30. The van der Waals surface area contributed by atoms with Crippen molar-refractivity contribution in [3.63, 3.8) is 0 Å². The average Bonchev–Trinajstić information content (AvgIpc) is 3.27. The quantitative estimate of drug-likeness (QED) is 0.495. The van der Waals surface area contributed by atoms with Gasteiger partial charge in [0.15, 0.2) is 0 Å². The summed E-state index contributed by atoms with van der Waals surface area (Å²) in [6, 6.07) is 13.6. The van der Waals surface area contributed by atoms with Crippen molar-refractivity contribution >= 4 is 39.6 Å². The Morgan fingerprint density at radius 1 is 0.938 bits per heavy atom. The molecule has 2 N–H and O–H groups in total. The molecule has 0 spiro atoms. The molecule has 2 aromatic heterocycles. The second-order valence-corrected chi connectivity index (χ2v) is 8.42. The van der Waals surface area contributed by atoms with Gasteiger partial charge in [-0.2, -0.15) is 4.98 Å². The molecule has 0 saturated heterocycles. The number of carbonyl (C=O) groups excluding carboxylic acids is 1. The summed E-state index contributed by atoms with van der Waals surface area (Å²) in [6.45, 7) is 0. The zero-order valence-electron chi connectivity index (χ0n) is 18.1. The number of rotatable bonds is 5. The third-order valence-electron chi connectivity index (χ3n) is 5.92. The fourth-order valence-electron chi connectivity index (χ4n) is 4.22. The number of fused-ring (bicyclic) bond motifs is 2. The number of benzene rings is 2. The summed E-state index contributed by atoms with van der Waals surface area (Å²) in [5, 5.41) is 15.3. The highest BCUT2D eigenvalue weighted by Crippen LogP contribution is 2.26. The van der Waals surface area contributed by atoms with Crippen molar-refractivity contribution in [2.45, 2.75) is 37.8 Å². The van der Waals surface area contributed by atoms with Gasteiger partial charge in [-0.15, -0.1) is 0 Å². The van der Waals surface area contributed by atoms with Crippen LogP contribution in [0.3, 0.4) is 0 Å². The van der Waals surface area contributed by atoms with Crippen LogP contribution in [-0.2, 0) is 0 Å². The van der Waals surface area contributed by atoms with Crippen LogP contribution < -0.4 is 15.5 Å². The molecular formula is C23H25N7O2. The first kappa shape index (κ1) is 20.2. The number of nitrogens with one attached hydrogen (secondary N) is 2. The predicted molar refractivity (Wildman–Crippen MR) is 123 cm³/mol. The Labute approximate surface area is 185 Å². The Morgan fingerprint density at radius 2 is 1.69 bits per heavy atom. The van der Waals surface area contributed by atoms with Crippen molar-refractivity contribution in [2.75, 3.05) is 24.3 Å².